The summed E-state index contributed by atoms with van der Waals surface area (Å²) in [5, 5.41) is 2.82. The smallest absolute Gasteiger partial charge is 0.255 e. The number of rotatable bonds is 4. The van der Waals surface area contributed by atoms with Crippen LogP contribution >= 0.6 is 23.4 Å². The number of halogens is 2. The number of carbonyl (C=O) groups excluding carboxylic acids is 1. The Morgan fingerprint density at radius 3 is 2.55 bits per heavy atom. The zero-order chi connectivity index (χ0) is 14.5. The largest absolute Gasteiger partial charge is 0.319 e. The van der Waals surface area contributed by atoms with Gasteiger partial charge in [0, 0.05) is 16.3 Å². The molecule has 2 aromatic rings. The molecule has 0 aromatic heterocycles. The maximum absolute atomic E-state index is 13.6. The fraction of sp³-hybridized carbons (Fsp3) is 0.133. The molecular formula is C15H13ClFNOS. The molecule has 0 saturated heterocycles. The first kappa shape index (κ1) is 14.9. The predicted molar refractivity (Wildman–Crippen MR) is 83.0 cm³/mol. The molecule has 20 heavy (non-hydrogen) atoms. The summed E-state index contributed by atoms with van der Waals surface area (Å²) in [7, 11) is 0. The molecule has 0 atom stereocenters. The standard InChI is InChI=1S/C15H13ClFNOS/c1-20-9-10-2-4-11(5-3-10)15(19)18-14-7-6-12(16)8-13(14)17/h2-8H,9H2,1H3,(H,18,19). The normalized spacial score (nSPS) is 10.3. The molecule has 0 aliphatic carbocycles. The van der Waals surface area contributed by atoms with Crippen molar-refractivity contribution < 1.29 is 9.18 Å². The summed E-state index contributed by atoms with van der Waals surface area (Å²) in [5.41, 5.74) is 1.75. The van der Waals surface area contributed by atoms with Crippen LogP contribution in [0, 0.1) is 5.82 Å². The molecule has 1 amide bonds. The van der Waals surface area contributed by atoms with E-state index in [1.807, 2.05) is 18.4 Å². The van der Waals surface area contributed by atoms with Gasteiger partial charge in [-0.05, 0) is 42.2 Å². The monoisotopic (exact) mass is 309 g/mol. The number of nitrogens with one attached hydrogen (secondary N) is 1. The highest BCUT2D eigenvalue weighted by Crippen LogP contribution is 2.20. The minimum atomic E-state index is -0.551. The Morgan fingerprint density at radius 2 is 1.95 bits per heavy atom. The molecule has 0 fully saturated rings. The Bertz CT molecular complexity index is 616. The molecule has 2 aromatic carbocycles. The third-order valence-corrected chi connectivity index (χ3v) is 3.56. The van der Waals surface area contributed by atoms with Crippen molar-refractivity contribution in [1.82, 2.24) is 0 Å². The third-order valence-electron chi connectivity index (χ3n) is 2.71. The van der Waals surface area contributed by atoms with Crippen molar-refractivity contribution in [2.24, 2.45) is 0 Å². The van der Waals surface area contributed by atoms with E-state index in [2.05, 4.69) is 5.32 Å². The average Bonchev–Trinajstić information content (AvgIpc) is 2.43. The van der Waals surface area contributed by atoms with Crippen LogP contribution in [0.5, 0.6) is 0 Å². The van der Waals surface area contributed by atoms with Crippen LogP contribution in [0.15, 0.2) is 42.5 Å². The van der Waals surface area contributed by atoms with Gasteiger partial charge >= 0.3 is 0 Å². The van der Waals surface area contributed by atoms with Gasteiger partial charge in [-0.1, -0.05) is 23.7 Å². The molecule has 0 heterocycles. The molecule has 5 heteroatoms. The van der Waals surface area contributed by atoms with E-state index in [1.165, 1.54) is 18.2 Å². The maximum atomic E-state index is 13.6. The molecule has 2 nitrogen and oxygen atoms in total. The molecule has 104 valence electrons. The molecule has 0 aliphatic rings. The molecule has 0 bridgehead atoms. The van der Waals surface area contributed by atoms with E-state index in [9.17, 15) is 9.18 Å². The lowest BCUT2D eigenvalue weighted by Crippen LogP contribution is -2.12. The zero-order valence-electron chi connectivity index (χ0n) is 10.8. The van der Waals surface area contributed by atoms with Crippen molar-refractivity contribution in [2.75, 3.05) is 11.6 Å². The summed E-state index contributed by atoms with van der Waals surface area (Å²) in [4.78, 5) is 12.0. The van der Waals surface area contributed by atoms with Crippen molar-refractivity contribution >= 4 is 35.0 Å². The lowest BCUT2D eigenvalue weighted by Gasteiger charge is -2.07. The van der Waals surface area contributed by atoms with Gasteiger partial charge in [0.1, 0.15) is 5.82 Å². The number of amides is 1. The summed E-state index contributed by atoms with van der Waals surface area (Å²) >= 11 is 7.38. The van der Waals surface area contributed by atoms with Crippen LogP contribution in [0.3, 0.4) is 0 Å². The molecule has 1 N–H and O–H groups in total. The van der Waals surface area contributed by atoms with E-state index in [0.717, 1.165) is 11.3 Å². The Labute approximate surface area is 126 Å². The summed E-state index contributed by atoms with van der Waals surface area (Å²) in [5.74, 6) is 0.0000366. The number of benzene rings is 2. The van der Waals surface area contributed by atoms with Crippen LogP contribution in [-0.4, -0.2) is 12.2 Å². The summed E-state index contributed by atoms with van der Waals surface area (Å²) < 4.78 is 13.6. The van der Waals surface area contributed by atoms with Crippen LogP contribution in [0.25, 0.3) is 0 Å². The highest BCUT2D eigenvalue weighted by atomic mass is 35.5. The summed E-state index contributed by atoms with van der Waals surface area (Å²) in [6, 6.07) is 11.4. The fourth-order valence-electron chi connectivity index (χ4n) is 1.70. The van der Waals surface area contributed by atoms with Gasteiger partial charge in [0.15, 0.2) is 0 Å². The Hall–Kier alpha value is -1.52. The van der Waals surface area contributed by atoms with Gasteiger partial charge in [-0.25, -0.2) is 4.39 Å². The molecule has 0 spiro atoms. The Kier molecular flexibility index (Phi) is 5.04. The maximum Gasteiger partial charge on any atom is 0.255 e. The highest BCUT2D eigenvalue weighted by Gasteiger charge is 2.09. The molecule has 0 unspecified atom stereocenters. The number of thioether (sulfide) groups is 1. The first-order chi connectivity index (χ1) is 9.60. The van der Waals surface area contributed by atoms with Crippen LogP contribution in [-0.2, 0) is 5.75 Å². The zero-order valence-corrected chi connectivity index (χ0v) is 12.4. The van der Waals surface area contributed by atoms with Gasteiger partial charge < -0.3 is 5.32 Å². The third kappa shape index (κ3) is 3.74. The van der Waals surface area contributed by atoms with E-state index in [1.54, 1.807) is 23.9 Å². The summed E-state index contributed by atoms with van der Waals surface area (Å²) in [6.45, 7) is 0. The lowest BCUT2D eigenvalue weighted by atomic mass is 10.1. The quantitative estimate of drug-likeness (QED) is 0.894. The Balaban J connectivity index is 2.11. The minimum Gasteiger partial charge on any atom is -0.319 e. The SMILES string of the molecule is CSCc1ccc(C(=O)Nc2ccc(Cl)cc2F)cc1. The topological polar surface area (TPSA) is 29.1 Å². The molecule has 0 radical (unpaired) electrons. The van der Waals surface area contributed by atoms with E-state index in [0.29, 0.717) is 10.6 Å². The van der Waals surface area contributed by atoms with Crippen LogP contribution in [0.2, 0.25) is 5.02 Å². The first-order valence-electron chi connectivity index (χ1n) is 5.94. The molecular weight excluding hydrogens is 297 g/mol. The van der Waals surface area contributed by atoms with Gasteiger partial charge in [-0.15, -0.1) is 0 Å². The molecule has 2 rings (SSSR count). The van der Waals surface area contributed by atoms with Gasteiger partial charge in [0.25, 0.3) is 5.91 Å². The van der Waals surface area contributed by atoms with Crippen molar-refractivity contribution in [2.45, 2.75) is 5.75 Å². The van der Waals surface area contributed by atoms with E-state index < -0.39 is 5.82 Å². The second-order valence-corrected chi connectivity index (χ2v) is 5.51. The first-order valence-corrected chi connectivity index (χ1v) is 7.71. The van der Waals surface area contributed by atoms with Crippen LogP contribution < -0.4 is 5.32 Å². The van der Waals surface area contributed by atoms with Gasteiger partial charge in [0.2, 0.25) is 0 Å². The highest BCUT2D eigenvalue weighted by molar-refractivity contribution is 7.97. The number of carbonyl (C=O) groups is 1. The predicted octanol–water partition coefficient (Wildman–Crippen LogP) is 4.59. The van der Waals surface area contributed by atoms with Crippen molar-refractivity contribution in [1.29, 1.82) is 0 Å². The molecule has 0 aliphatic heterocycles. The van der Waals surface area contributed by atoms with E-state index in [-0.39, 0.29) is 11.6 Å². The minimum absolute atomic E-state index is 0.118. The van der Waals surface area contributed by atoms with Gasteiger partial charge in [0.05, 0.1) is 5.69 Å². The van der Waals surface area contributed by atoms with Gasteiger partial charge in [-0.3, -0.25) is 4.79 Å². The number of hydrogen-bond acceptors (Lipinski definition) is 2. The van der Waals surface area contributed by atoms with Gasteiger partial charge in [-0.2, -0.15) is 11.8 Å². The van der Waals surface area contributed by atoms with Crippen LogP contribution in [0.1, 0.15) is 15.9 Å². The fourth-order valence-corrected chi connectivity index (χ4v) is 2.39. The second kappa shape index (κ2) is 6.77. The van der Waals surface area contributed by atoms with Crippen molar-refractivity contribution in [3.05, 3.63) is 64.4 Å². The van der Waals surface area contributed by atoms with E-state index in [4.69, 9.17) is 11.6 Å². The second-order valence-electron chi connectivity index (χ2n) is 4.21. The number of hydrogen-bond donors (Lipinski definition) is 1. The number of anilines is 1. The average molecular weight is 310 g/mol. The lowest BCUT2D eigenvalue weighted by molar-refractivity contribution is 0.102. The van der Waals surface area contributed by atoms with Crippen molar-refractivity contribution in [3.8, 4) is 0 Å². The Morgan fingerprint density at radius 1 is 1.25 bits per heavy atom. The van der Waals surface area contributed by atoms with E-state index >= 15 is 0 Å². The van der Waals surface area contributed by atoms with Crippen molar-refractivity contribution in [3.63, 3.8) is 0 Å². The van der Waals surface area contributed by atoms with Crippen LogP contribution in [0.4, 0.5) is 10.1 Å². The summed E-state index contributed by atoms with van der Waals surface area (Å²) in [6.07, 6.45) is 2.02. The molecule has 0 saturated carbocycles.